The van der Waals surface area contributed by atoms with Gasteiger partial charge in [-0.1, -0.05) is 55.8 Å². The number of carbonyl (C=O) groups excluding carboxylic acids is 1. The van der Waals surface area contributed by atoms with Crippen LogP contribution in [0.2, 0.25) is 0 Å². The summed E-state index contributed by atoms with van der Waals surface area (Å²) in [6.07, 6.45) is 1.58. The summed E-state index contributed by atoms with van der Waals surface area (Å²) in [5, 5.41) is 11.8. The number of hydrogen-bond acceptors (Lipinski definition) is 4. The lowest BCUT2D eigenvalue weighted by Gasteiger charge is -2.20. The number of benzene rings is 2. The molecule has 6 nitrogen and oxygen atoms in total. The topological polar surface area (TPSA) is 63.1 Å². The molecule has 0 spiro atoms. The molecule has 0 radical (unpaired) electrons. The zero-order chi connectivity index (χ0) is 22.5. The Morgan fingerprint density at radius 1 is 1.00 bits per heavy atom. The van der Waals surface area contributed by atoms with Gasteiger partial charge in [0.25, 0.3) is 5.91 Å². The van der Waals surface area contributed by atoms with Crippen LogP contribution in [0.25, 0.3) is 0 Å². The van der Waals surface area contributed by atoms with Crippen molar-refractivity contribution in [3.8, 4) is 0 Å². The maximum absolute atomic E-state index is 12.3. The van der Waals surface area contributed by atoms with Gasteiger partial charge in [-0.05, 0) is 36.1 Å². The highest BCUT2D eigenvalue weighted by Gasteiger charge is 2.19. The van der Waals surface area contributed by atoms with Gasteiger partial charge in [0, 0.05) is 51.1 Å². The molecule has 2 heterocycles. The van der Waals surface area contributed by atoms with Gasteiger partial charge in [-0.3, -0.25) is 9.69 Å². The van der Waals surface area contributed by atoms with E-state index in [4.69, 9.17) is 0 Å². The Morgan fingerprint density at radius 2 is 1.75 bits per heavy atom. The average Bonchev–Trinajstić information content (AvgIpc) is 3.06. The number of aromatic nitrogens is 3. The lowest BCUT2D eigenvalue weighted by atomic mass is 10.0. The molecular weight excluding hydrogens is 398 g/mol. The van der Waals surface area contributed by atoms with E-state index in [1.165, 1.54) is 11.1 Å². The average molecular weight is 432 g/mol. The Balaban J connectivity index is 1.30. The highest BCUT2D eigenvalue weighted by Crippen LogP contribution is 2.17. The first-order chi connectivity index (χ1) is 15.5. The number of fused-ring (bicyclic) bond motifs is 1. The minimum atomic E-state index is -0.0461. The molecular formula is C26H33N5O. The first-order valence-electron chi connectivity index (χ1n) is 11.6. The fourth-order valence-electron chi connectivity index (χ4n) is 4.13. The van der Waals surface area contributed by atoms with Crippen LogP contribution >= 0.6 is 0 Å². The smallest absolute Gasteiger partial charge is 0.251 e. The normalized spacial score (nSPS) is 14.2. The lowest BCUT2D eigenvalue weighted by molar-refractivity contribution is 0.0954. The Kier molecular flexibility index (Phi) is 7.00. The molecule has 0 saturated heterocycles. The Morgan fingerprint density at radius 3 is 2.47 bits per heavy atom. The first-order valence-corrected chi connectivity index (χ1v) is 11.6. The fourth-order valence-corrected chi connectivity index (χ4v) is 4.13. The summed E-state index contributed by atoms with van der Waals surface area (Å²) in [6, 6.07) is 16.6. The monoisotopic (exact) mass is 431 g/mol. The molecule has 6 heteroatoms. The highest BCUT2D eigenvalue weighted by molar-refractivity contribution is 5.94. The van der Waals surface area contributed by atoms with Gasteiger partial charge in [0.15, 0.2) is 0 Å². The van der Waals surface area contributed by atoms with Gasteiger partial charge < -0.3 is 9.88 Å². The maximum Gasteiger partial charge on any atom is 0.251 e. The van der Waals surface area contributed by atoms with Crippen LogP contribution in [0.4, 0.5) is 0 Å². The van der Waals surface area contributed by atoms with Gasteiger partial charge in [0.1, 0.15) is 11.6 Å². The lowest BCUT2D eigenvalue weighted by Crippen LogP contribution is -2.28. The van der Waals surface area contributed by atoms with Crippen molar-refractivity contribution in [2.45, 2.75) is 52.6 Å². The maximum atomic E-state index is 12.3. The Labute approximate surface area is 190 Å². The van der Waals surface area contributed by atoms with Crippen molar-refractivity contribution in [2.24, 2.45) is 0 Å². The van der Waals surface area contributed by atoms with E-state index in [-0.39, 0.29) is 5.91 Å². The van der Waals surface area contributed by atoms with E-state index >= 15 is 0 Å². The zero-order valence-corrected chi connectivity index (χ0v) is 19.3. The van der Waals surface area contributed by atoms with Crippen molar-refractivity contribution in [1.82, 2.24) is 25.0 Å². The van der Waals surface area contributed by atoms with E-state index in [1.807, 2.05) is 31.2 Å². The second kappa shape index (κ2) is 10.1. The van der Waals surface area contributed by atoms with Gasteiger partial charge in [-0.15, -0.1) is 10.2 Å². The first kappa shape index (κ1) is 22.2. The minimum Gasteiger partial charge on any atom is -0.352 e. The van der Waals surface area contributed by atoms with Crippen LogP contribution in [0.3, 0.4) is 0 Å². The molecule has 0 aliphatic carbocycles. The molecule has 1 N–H and O–H groups in total. The van der Waals surface area contributed by atoms with E-state index in [0.29, 0.717) is 24.4 Å². The van der Waals surface area contributed by atoms with E-state index in [0.717, 1.165) is 49.8 Å². The van der Waals surface area contributed by atoms with Crippen molar-refractivity contribution in [1.29, 1.82) is 0 Å². The molecule has 4 rings (SSSR count). The largest absolute Gasteiger partial charge is 0.352 e. The Hall–Kier alpha value is -2.99. The third kappa shape index (κ3) is 5.43. The summed E-state index contributed by atoms with van der Waals surface area (Å²) in [5.41, 5.74) is 4.57. The van der Waals surface area contributed by atoms with Crippen molar-refractivity contribution in [3.63, 3.8) is 0 Å². The molecule has 0 atom stereocenters. The second-order valence-corrected chi connectivity index (χ2v) is 8.98. The highest BCUT2D eigenvalue weighted by atomic mass is 16.1. The van der Waals surface area contributed by atoms with Crippen molar-refractivity contribution < 1.29 is 4.79 Å². The van der Waals surface area contributed by atoms with E-state index in [1.54, 1.807) is 0 Å². The number of nitrogens with zero attached hydrogens (tertiary/aromatic N) is 4. The second-order valence-electron chi connectivity index (χ2n) is 8.98. The number of hydrogen-bond donors (Lipinski definition) is 1. The fraction of sp³-hybridized carbons (Fsp3) is 0.423. The molecule has 0 unspecified atom stereocenters. The van der Waals surface area contributed by atoms with Crippen molar-refractivity contribution >= 4 is 5.91 Å². The van der Waals surface area contributed by atoms with Gasteiger partial charge in [0.05, 0.1) is 0 Å². The van der Waals surface area contributed by atoms with Crippen LogP contribution in [0.5, 0.6) is 0 Å². The van der Waals surface area contributed by atoms with Crippen LogP contribution in [-0.2, 0) is 25.9 Å². The third-order valence-electron chi connectivity index (χ3n) is 6.20. The summed E-state index contributed by atoms with van der Waals surface area (Å²) >= 11 is 0. The van der Waals surface area contributed by atoms with Crippen LogP contribution in [0.1, 0.15) is 58.5 Å². The molecule has 3 aromatic rings. The molecule has 1 aliphatic rings. The summed E-state index contributed by atoms with van der Waals surface area (Å²) in [4.78, 5) is 14.8. The zero-order valence-electron chi connectivity index (χ0n) is 19.3. The molecule has 1 aliphatic heterocycles. The molecule has 0 bridgehead atoms. The van der Waals surface area contributed by atoms with Crippen molar-refractivity contribution in [3.05, 3.63) is 82.4 Å². The van der Waals surface area contributed by atoms with E-state index in [9.17, 15) is 4.79 Å². The number of rotatable bonds is 7. The summed E-state index contributed by atoms with van der Waals surface area (Å²) in [6.45, 7) is 10.8. The minimum absolute atomic E-state index is 0.0461. The summed E-state index contributed by atoms with van der Waals surface area (Å²) < 4.78 is 2.24. The van der Waals surface area contributed by atoms with E-state index in [2.05, 4.69) is 63.1 Å². The molecule has 2 aromatic carbocycles. The third-order valence-corrected chi connectivity index (χ3v) is 6.20. The summed E-state index contributed by atoms with van der Waals surface area (Å²) in [5.74, 6) is 2.51. The van der Waals surface area contributed by atoms with Crippen LogP contribution in [0.15, 0.2) is 48.5 Å². The van der Waals surface area contributed by atoms with Crippen molar-refractivity contribution in [2.75, 3.05) is 19.6 Å². The number of aryl methyl sites for hydroxylation is 1. The van der Waals surface area contributed by atoms with Gasteiger partial charge >= 0.3 is 0 Å². The standard InChI is InChI=1S/C26H33N5O/c1-19(2)22-10-6-21(7-11-22)18-30-15-13-25-29-28-24(31(25)17-16-30)12-14-27-26(32)23-8-4-20(3)5-9-23/h4-11,19H,12-18H2,1-3H3,(H,27,32). The number of nitrogens with one attached hydrogen (secondary N) is 1. The number of amides is 1. The molecule has 1 amide bonds. The number of carbonyl (C=O) groups is 1. The molecule has 32 heavy (non-hydrogen) atoms. The molecule has 1 aromatic heterocycles. The van der Waals surface area contributed by atoms with E-state index < -0.39 is 0 Å². The predicted octanol–water partition coefficient (Wildman–Crippen LogP) is 3.74. The van der Waals surface area contributed by atoms with Gasteiger partial charge in [0.2, 0.25) is 0 Å². The SMILES string of the molecule is Cc1ccc(C(=O)NCCc2nnc3n2CCN(Cc2ccc(C(C)C)cc2)CC3)cc1. The predicted molar refractivity (Wildman–Crippen MR) is 127 cm³/mol. The summed E-state index contributed by atoms with van der Waals surface area (Å²) in [7, 11) is 0. The van der Waals surface area contributed by atoms with Crippen LogP contribution < -0.4 is 5.32 Å². The van der Waals surface area contributed by atoms with Gasteiger partial charge in [-0.25, -0.2) is 0 Å². The Bertz CT molecular complexity index is 1040. The van der Waals surface area contributed by atoms with Crippen LogP contribution in [-0.4, -0.2) is 45.2 Å². The van der Waals surface area contributed by atoms with Gasteiger partial charge in [-0.2, -0.15) is 0 Å². The molecule has 168 valence electrons. The van der Waals surface area contributed by atoms with Crippen LogP contribution in [0, 0.1) is 6.92 Å². The molecule has 0 fully saturated rings. The molecule has 0 saturated carbocycles. The quantitative estimate of drug-likeness (QED) is 0.619.